The predicted molar refractivity (Wildman–Crippen MR) is 142 cm³/mol. The van der Waals surface area contributed by atoms with Gasteiger partial charge in [0.1, 0.15) is 17.5 Å². The van der Waals surface area contributed by atoms with Gasteiger partial charge in [0.15, 0.2) is 0 Å². The summed E-state index contributed by atoms with van der Waals surface area (Å²) in [5, 5.41) is 22.3. The van der Waals surface area contributed by atoms with E-state index < -0.39 is 41.2 Å². The van der Waals surface area contributed by atoms with Crippen molar-refractivity contribution in [1.82, 2.24) is 4.98 Å². The molecule has 0 aromatic carbocycles. The quantitative estimate of drug-likeness (QED) is 0.445. The van der Waals surface area contributed by atoms with Crippen molar-refractivity contribution in [2.75, 3.05) is 6.61 Å². The molecule has 4 rings (SSSR count). The van der Waals surface area contributed by atoms with E-state index in [9.17, 15) is 19.8 Å². The lowest BCUT2D eigenvalue weighted by Crippen LogP contribution is -2.48. The van der Waals surface area contributed by atoms with Crippen molar-refractivity contribution in [1.29, 1.82) is 0 Å². The Labute approximate surface area is 225 Å². The fourth-order valence-corrected chi connectivity index (χ4v) is 6.00. The Morgan fingerprint density at radius 1 is 1.18 bits per heavy atom. The molecule has 3 fully saturated rings. The molecule has 3 unspecified atom stereocenters. The molecule has 1 aromatic heterocycles. The van der Waals surface area contributed by atoms with Gasteiger partial charge >= 0.3 is 5.97 Å². The largest absolute Gasteiger partial charge is 0.458 e. The molecule has 3 aliphatic heterocycles. The van der Waals surface area contributed by atoms with Gasteiger partial charge in [0.25, 0.3) is 0 Å². The van der Waals surface area contributed by atoms with Crippen LogP contribution in [0.2, 0.25) is 0 Å². The van der Waals surface area contributed by atoms with E-state index in [1.54, 1.807) is 20.0 Å². The summed E-state index contributed by atoms with van der Waals surface area (Å²) in [5.74, 6) is -1.77. The molecule has 0 aliphatic carbocycles. The molecule has 1 aromatic rings. The van der Waals surface area contributed by atoms with Gasteiger partial charge in [-0.3, -0.25) is 14.6 Å². The molecular weight excluding hydrogens is 486 g/mol. The maximum Gasteiger partial charge on any atom is 0.309 e. The fraction of sp³-hybridized carbons (Fsp3) is 0.700. The molecule has 4 heterocycles. The zero-order chi connectivity index (χ0) is 27.7. The molecule has 8 atom stereocenters. The summed E-state index contributed by atoms with van der Waals surface area (Å²) in [6.07, 6.45) is 5.48. The Kier molecular flexibility index (Phi) is 8.48. The SMILES string of the molecule is CCC12C[C@@H](C=Cc3ccccn3)OC(=O)C[C@H](O)C(C)(C)C(=O)[C@@H](C3CO3)[C@H](O)[C@@H](C)CCCC1(C)O2. The Balaban J connectivity index is 1.61. The van der Waals surface area contributed by atoms with Crippen molar-refractivity contribution in [2.45, 2.75) is 109 Å². The number of aliphatic hydroxyl groups excluding tert-OH is 2. The fourth-order valence-electron chi connectivity index (χ4n) is 6.00. The number of pyridine rings is 1. The molecule has 8 heteroatoms. The van der Waals surface area contributed by atoms with Crippen LogP contribution in [0.15, 0.2) is 30.5 Å². The van der Waals surface area contributed by atoms with Crippen LogP contribution in [0.5, 0.6) is 0 Å². The van der Waals surface area contributed by atoms with E-state index in [1.165, 1.54) is 0 Å². The number of carbonyl (C=O) groups excluding carboxylic acids is 2. The molecular formula is C30H43NO7. The van der Waals surface area contributed by atoms with E-state index in [-0.39, 0.29) is 29.8 Å². The molecule has 210 valence electrons. The first-order valence-corrected chi connectivity index (χ1v) is 13.9. The minimum Gasteiger partial charge on any atom is -0.458 e. The van der Waals surface area contributed by atoms with Crippen LogP contribution in [0.25, 0.3) is 6.08 Å². The number of ether oxygens (including phenoxy) is 3. The summed E-state index contributed by atoms with van der Waals surface area (Å²) in [6, 6.07) is 5.59. The maximum absolute atomic E-state index is 13.6. The Hall–Kier alpha value is -2.13. The van der Waals surface area contributed by atoms with Gasteiger partial charge in [0.2, 0.25) is 0 Å². The Morgan fingerprint density at radius 3 is 2.55 bits per heavy atom. The highest BCUT2D eigenvalue weighted by atomic mass is 16.6. The first-order chi connectivity index (χ1) is 17.9. The third-order valence-corrected chi connectivity index (χ3v) is 9.05. The molecule has 38 heavy (non-hydrogen) atoms. The Bertz CT molecular complexity index is 1020. The number of nitrogens with zero attached hydrogens (tertiary/aromatic N) is 1. The number of aliphatic hydroxyl groups is 2. The van der Waals surface area contributed by atoms with Crippen LogP contribution in [-0.4, -0.2) is 69.2 Å². The second-order valence-corrected chi connectivity index (χ2v) is 12.1. The smallest absolute Gasteiger partial charge is 0.309 e. The van der Waals surface area contributed by atoms with E-state index >= 15 is 0 Å². The zero-order valence-corrected chi connectivity index (χ0v) is 23.3. The lowest BCUT2D eigenvalue weighted by Gasteiger charge is -2.35. The number of hydrogen-bond acceptors (Lipinski definition) is 8. The van der Waals surface area contributed by atoms with Crippen molar-refractivity contribution in [3.8, 4) is 0 Å². The number of cyclic esters (lactones) is 1. The molecule has 3 aliphatic rings. The molecule has 8 nitrogen and oxygen atoms in total. The van der Waals surface area contributed by atoms with Crippen molar-refractivity contribution >= 4 is 17.8 Å². The average Bonchev–Trinajstić information content (AvgIpc) is 3.80. The van der Waals surface area contributed by atoms with Crippen LogP contribution < -0.4 is 0 Å². The minimum atomic E-state index is -1.28. The Morgan fingerprint density at radius 2 is 1.92 bits per heavy atom. The number of hydrogen-bond donors (Lipinski definition) is 2. The summed E-state index contributed by atoms with van der Waals surface area (Å²) >= 11 is 0. The first kappa shape index (κ1) is 28.9. The lowest BCUT2D eigenvalue weighted by atomic mass is 9.71. The van der Waals surface area contributed by atoms with Crippen molar-refractivity contribution in [3.05, 3.63) is 36.2 Å². The van der Waals surface area contributed by atoms with Crippen molar-refractivity contribution in [2.24, 2.45) is 17.3 Å². The monoisotopic (exact) mass is 529 g/mol. The summed E-state index contributed by atoms with van der Waals surface area (Å²) in [7, 11) is 0. The van der Waals surface area contributed by atoms with Gasteiger partial charge in [-0.2, -0.15) is 0 Å². The van der Waals surface area contributed by atoms with Crippen LogP contribution >= 0.6 is 0 Å². The molecule has 0 bridgehead atoms. The number of esters is 1. The second-order valence-electron chi connectivity index (χ2n) is 12.1. The van der Waals surface area contributed by atoms with E-state index in [0.29, 0.717) is 13.0 Å². The third-order valence-electron chi connectivity index (χ3n) is 9.05. The van der Waals surface area contributed by atoms with Crippen molar-refractivity contribution in [3.63, 3.8) is 0 Å². The average molecular weight is 530 g/mol. The number of epoxide rings is 2. The van der Waals surface area contributed by atoms with Crippen LogP contribution in [0.4, 0.5) is 0 Å². The van der Waals surface area contributed by atoms with Crippen LogP contribution in [-0.2, 0) is 23.8 Å². The lowest BCUT2D eigenvalue weighted by molar-refractivity contribution is -0.154. The van der Waals surface area contributed by atoms with Gasteiger partial charge in [0, 0.05) is 12.6 Å². The summed E-state index contributed by atoms with van der Waals surface area (Å²) in [4.78, 5) is 31.0. The van der Waals surface area contributed by atoms with Crippen molar-refractivity contribution < 1.29 is 34.0 Å². The maximum atomic E-state index is 13.6. The standard InChI is InChI=1S/C30H43NO7/c1-6-30-17-21(13-12-20-11-7-8-15-31-20)37-24(33)16-23(32)28(3,4)27(35)25(22-18-36-22)26(34)19(2)10-9-14-29(30,5)38-30/h7-8,11-13,15,19,21-23,25-26,32,34H,6,9-10,14,16-18H2,1-5H3/t19-,21+,22?,23-,25-,26+,29?,30?/m0/s1. The van der Waals surface area contributed by atoms with Gasteiger partial charge in [-0.05, 0) is 56.4 Å². The number of fused-ring (bicyclic) bond motifs is 1. The second kappa shape index (κ2) is 11.2. The molecule has 2 N–H and O–H groups in total. The number of ketones is 1. The normalized spacial score (nSPS) is 40.4. The highest BCUT2D eigenvalue weighted by Crippen LogP contribution is 2.56. The summed E-state index contributed by atoms with van der Waals surface area (Å²) < 4.78 is 17.7. The van der Waals surface area contributed by atoms with Gasteiger partial charge in [-0.25, -0.2) is 0 Å². The van der Waals surface area contributed by atoms with Gasteiger partial charge in [-0.1, -0.05) is 40.2 Å². The summed E-state index contributed by atoms with van der Waals surface area (Å²) in [6.45, 7) is 9.78. The number of rotatable bonds is 4. The van der Waals surface area contributed by atoms with Crippen LogP contribution in [0.1, 0.15) is 78.8 Å². The molecule has 3 saturated heterocycles. The molecule has 0 saturated carbocycles. The highest BCUT2D eigenvalue weighted by molar-refractivity contribution is 5.89. The number of carbonyl (C=O) groups is 2. The minimum absolute atomic E-state index is 0.133. The topological polar surface area (TPSA) is 122 Å². The van der Waals surface area contributed by atoms with E-state index in [4.69, 9.17) is 14.2 Å². The van der Waals surface area contributed by atoms with E-state index in [1.807, 2.05) is 37.3 Å². The van der Waals surface area contributed by atoms with E-state index in [0.717, 1.165) is 31.4 Å². The molecule has 0 radical (unpaired) electrons. The van der Waals surface area contributed by atoms with Gasteiger partial charge < -0.3 is 24.4 Å². The highest BCUT2D eigenvalue weighted by Gasteiger charge is 2.65. The number of Topliss-reactive ketones (excluding diaryl/α,β-unsaturated/α-hetero) is 1. The van der Waals surface area contributed by atoms with E-state index in [2.05, 4.69) is 18.8 Å². The van der Waals surface area contributed by atoms with Crippen LogP contribution in [0.3, 0.4) is 0 Å². The molecule has 0 amide bonds. The summed E-state index contributed by atoms with van der Waals surface area (Å²) in [5.41, 5.74) is -1.34. The third kappa shape index (κ3) is 6.03. The number of aromatic nitrogens is 1. The van der Waals surface area contributed by atoms with Crippen LogP contribution in [0, 0.1) is 17.3 Å². The molecule has 0 spiro atoms. The van der Waals surface area contributed by atoms with Gasteiger partial charge in [-0.15, -0.1) is 0 Å². The zero-order valence-electron chi connectivity index (χ0n) is 23.3. The first-order valence-electron chi connectivity index (χ1n) is 13.9. The van der Waals surface area contributed by atoms with Gasteiger partial charge in [0.05, 0.1) is 54.0 Å². The predicted octanol–water partition coefficient (Wildman–Crippen LogP) is 3.88.